The van der Waals surface area contributed by atoms with Gasteiger partial charge in [-0.25, -0.2) is 4.79 Å². The zero-order chi connectivity index (χ0) is 19.1. The van der Waals surface area contributed by atoms with E-state index in [-0.39, 0.29) is 31.0 Å². The normalized spacial score (nSPS) is 23.5. The van der Waals surface area contributed by atoms with Crippen molar-refractivity contribution in [2.45, 2.75) is 39.7 Å². The topological polar surface area (TPSA) is 78.9 Å². The van der Waals surface area contributed by atoms with Gasteiger partial charge in [0.25, 0.3) is 0 Å². The van der Waals surface area contributed by atoms with E-state index in [4.69, 9.17) is 14.2 Å². The first-order valence-corrected chi connectivity index (χ1v) is 8.76. The maximum atomic E-state index is 13.5. The van der Waals surface area contributed by atoms with Gasteiger partial charge in [0.15, 0.2) is 0 Å². The van der Waals surface area contributed by atoms with Crippen molar-refractivity contribution in [3.63, 3.8) is 0 Å². The van der Waals surface area contributed by atoms with E-state index in [1.807, 2.05) is 19.1 Å². The van der Waals surface area contributed by atoms with E-state index in [1.54, 1.807) is 26.8 Å². The van der Waals surface area contributed by atoms with Crippen LogP contribution in [0, 0.1) is 19.8 Å². The third-order valence-corrected chi connectivity index (χ3v) is 4.91. The number of fused-ring (bicyclic) bond motifs is 1. The van der Waals surface area contributed by atoms with Crippen LogP contribution in [-0.4, -0.2) is 36.5 Å². The van der Waals surface area contributed by atoms with Crippen LogP contribution < -0.4 is 4.74 Å². The van der Waals surface area contributed by atoms with E-state index in [0.29, 0.717) is 11.3 Å². The highest BCUT2D eigenvalue weighted by molar-refractivity contribution is 6.17. The molecule has 3 rings (SSSR count). The molecule has 2 atom stereocenters. The Balaban J connectivity index is 2.15. The number of aryl methyl sites for hydroxylation is 2. The van der Waals surface area contributed by atoms with E-state index in [0.717, 1.165) is 11.1 Å². The van der Waals surface area contributed by atoms with Gasteiger partial charge in [0.2, 0.25) is 11.4 Å². The Bertz CT molecular complexity index is 822. The number of allylic oxidation sites excluding steroid dienone is 1. The molecule has 1 heterocycles. The molecule has 0 fully saturated rings. The molecule has 0 saturated carbocycles. The lowest BCUT2D eigenvalue weighted by Gasteiger charge is -2.30. The molecule has 0 aromatic heterocycles. The first kappa shape index (κ1) is 18.2. The van der Waals surface area contributed by atoms with Crippen LogP contribution in [0.15, 0.2) is 23.8 Å². The number of hydrogen-bond acceptors (Lipinski definition) is 6. The summed E-state index contributed by atoms with van der Waals surface area (Å²) in [6.45, 7) is 7.35. The average Bonchev–Trinajstić information content (AvgIpc) is 3.12. The van der Waals surface area contributed by atoms with Crippen molar-refractivity contribution in [3.05, 3.63) is 40.5 Å². The number of rotatable bonds is 4. The van der Waals surface area contributed by atoms with Crippen LogP contribution >= 0.6 is 0 Å². The highest BCUT2D eigenvalue weighted by Gasteiger charge is 2.64. The highest BCUT2D eigenvalue weighted by atomic mass is 16.6. The van der Waals surface area contributed by atoms with Gasteiger partial charge in [0, 0.05) is 0 Å². The SMILES string of the molecule is CCOC(=O)C1=CC[C@H](C(=O)OCC)[C@]12Oc1c(C)ccc(C)c1C2=O. The lowest BCUT2D eigenvalue weighted by molar-refractivity contribution is -0.152. The Labute approximate surface area is 152 Å². The molecule has 1 aliphatic heterocycles. The first-order valence-electron chi connectivity index (χ1n) is 8.76. The van der Waals surface area contributed by atoms with Gasteiger partial charge in [0.05, 0.1) is 24.4 Å². The molecule has 0 bridgehead atoms. The Kier molecular flexibility index (Phi) is 4.61. The number of ether oxygens (including phenoxy) is 3. The second-order valence-electron chi connectivity index (χ2n) is 6.45. The van der Waals surface area contributed by atoms with Gasteiger partial charge >= 0.3 is 11.9 Å². The smallest absolute Gasteiger partial charge is 0.338 e. The van der Waals surface area contributed by atoms with Gasteiger partial charge in [-0.1, -0.05) is 18.2 Å². The largest absolute Gasteiger partial charge is 0.472 e. The maximum Gasteiger partial charge on any atom is 0.338 e. The zero-order valence-electron chi connectivity index (χ0n) is 15.4. The van der Waals surface area contributed by atoms with Crippen molar-refractivity contribution in [2.24, 2.45) is 5.92 Å². The third-order valence-electron chi connectivity index (χ3n) is 4.91. The van der Waals surface area contributed by atoms with E-state index in [9.17, 15) is 14.4 Å². The third kappa shape index (κ3) is 2.43. The summed E-state index contributed by atoms with van der Waals surface area (Å²) in [4.78, 5) is 38.5. The van der Waals surface area contributed by atoms with Gasteiger partial charge < -0.3 is 14.2 Å². The molecule has 26 heavy (non-hydrogen) atoms. The quantitative estimate of drug-likeness (QED) is 0.770. The van der Waals surface area contributed by atoms with Crippen molar-refractivity contribution in [2.75, 3.05) is 13.2 Å². The molecule has 6 nitrogen and oxygen atoms in total. The number of carbonyl (C=O) groups excluding carboxylic acids is 3. The maximum absolute atomic E-state index is 13.5. The van der Waals surface area contributed by atoms with Crippen LogP contribution in [0.4, 0.5) is 0 Å². The molecule has 2 aliphatic rings. The van der Waals surface area contributed by atoms with E-state index in [2.05, 4.69) is 0 Å². The summed E-state index contributed by atoms with van der Waals surface area (Å²) in [5, 5.41) is 0. The van der Waals surface area contributed by atoms with Crippen LogP contribution in [0.5, 0.6) is 5.75 Å². The van der Waals surface area contributed by atoms with E-state index >= 15 is 0 Å². The second kappa shape index (κ2) is 6.59. The summed E-state index contributed by atoms with van der Waals surface area (Å²) < 4.78 is 16.4. The van der Waals surface area contributed by atoms with Gasteiger partial charge in [-0.15, -0.1) is 0 Å². The predicted molar refractivity (Wildman–Crippen MR) is 93.1 cm³/mol. The van der Waals surface area contributed by atoms with E-state index in [1.165, 1.54) is 0 Å². The molecule has 0 radical (unpaired) electrons. The fraction of sp³-hybridized carbons (Fsp3) is 0.450. The van der Waals surface area contributed by atoms with Crippen molar-refractivity contribution in [1.29, 1.82) is 0 Å². The lowest BCUT2D eigenvalue weighted by Crippen LogP contribution is -2.51. The number of benzene rings is 1. The van der Waals surface area contributed by atoms with Gasteiger partial charge in [-0.2, -0.15) is 0 Å². The fourth-order valence-corrected chi connectivity index (χ4v) is 3.69. The molecular weight excluding hydrogens is 336 g/mol. The number of carbonyl (C=O) groups is 3. The number of hydrogen-bond donors (Lipinski definition) is 0. The Morgan fingerprint density at radius 1 is 1.15 bits per heavy atom. The molecular formula is C20H22O6. The molecule has 138 valence electrons. The monoisotopic (exact) mass is 358 g/mol. The Hall–Kier alpha value is -2.63. The number of Topliss-reactive ketones (excluding diaryl/α,β-unsaturated/α-hetero) is 1. The van der Waals surface area contributed by atoms with Gasteiger partial charge in [0.1, 0.15) is 11.7 Å². The van der Waals surface area contributed by atoms with Gasteiger partial charge in [-0.3, -0.25) is 9.59 Å². The van der Waals surface area contributed by atoms with Crippen molar-refractivity contribution in [3.8, 4) is 5.75 Å². The van der Waals surface area contributed by atoms with Crippen LogP contribution in [0.25, 0.3) is 0 Å². The van der Waals surface area contributed by atoms with Crippen LogP contribution in [0.2, 0.25) is 0 Å². The summed E-state index contributed by atoms with van der Waals surface area (Å²) >= 11 is 0. The standard InChI is InChI=1S/C20H22O6/c1-5-24-18(22)13-9-10-14(19(23)25-6-2)20(13)17(21)15-11(3)7-8-12(4)16(15)26-20/h7-9,14H,5-6,10H2,1-4H3/t14-,20-/m1/s1. The molecule has 0 N–H and O–H groups in total. The summed E-state index contributed by atoms with van der Waals surface area (Å²) in [6.07, 6.45) is 1.75. The molecule has 1 spiro atoms. The first-order chi connectivity index (χ1) is 12.4. The van der Waals surface area contributed by atoms with Crippen LogP contribution in [0.3, 0.4) is 0 Å². The number of esters is 2. The minimum absolute atomic E-state index is 0.0809. The van der Waals surface area contributed by atoms with Crippen LogP contribution in [0.1, 0.15) is 41.8 Å². The summed E-state index contributed by atoms with van der Waals surface area (Å²) in [5.41, 5.74) is 0.296. The molecule has 6 heteroatoms. The van der Waals surface area contributed by atoms with Gasteiger partial charge in [-0.05, 0) is 45.2 Å². The Morgan fingerprint density at radius 2 is 1.81 bits per heavy atom. The average molecular weight is 358 g/mol. The minimum Gasteiger partial charge on any atom is -0.472 e. The second-order valence-corrected chi connectivity index (χ2v) is 6.45. The van der Waals surface area contributed by atoms with Crippen LogP contribution in [-0.2, 0) is 19.1 Å². The van der Waals surface area contributed by atoms with Crippen molar-refractivity contribution in [1.82, 2.24) is 0 Å². The fourth-order valence-electron chi connectivity index (χ4n) is 3.69. The summed E-state index contributed by atoms with van der Waals surface area (Å²) in [6, 6.07) is 3.68. The summed E-state index contributed by atoms with van der Waals surface area (Å²) in [5.74, 6) is -2.08. The molecule has 1 aromatic rings. The molecule has 0 saturated heterocycles. The molecule has 1 aromatic carbocycles. The Morgan fingerprint density at radius 3 is 2.42 bits per heavy atom. The highest BCUT2D eigenvalue weighted by Crippen LogP contribution is 2.50. The lowest BCUT2D eigenvalue weighted by atomic mass is 9.80. The molecule has 0 unspecified atom stereocenters. The number of ketones is 1. The van der Waals surface area contributed by atoms with Crippen molar-refractivity contribution < 1.29 is 28.6 Å². The summed E-state index contributed by atoms with van der Waals surface area (Å²) in [7, 11) is 0. The minimum atomic E-state index is -1.71. The predicted octanol–water partition coefficient (Wildman–Crippen LogP) is 2.69. The zero-order valence-corrected chi connectivity index (χ0v) is 15.4. The van der Waals surface area contributed by atoms with Crippen molar-refractivity contribution >= 4 is 17.7 Å². The molecule has 1 aliphatic carbocycles. The molecule has 0 amide bonds. The van der Waals surface area contributed by atoms with E-state index < -0.39 is 23.5 Å².